The molecule has 0 radical (unpaired) electrons. The number of alkyl carbamates (subject to hydrolysis) is 1. The van der Waals surface area contributed by atoms with Gasteiger partial charge in [-0.05, 0) is 41.0 Å². The molecular formula is C27H32N2O6. The van der Waals surface area contributed by atoms with Crippen LogP contribution in [0.3, 0.4) is 0 Å². The Kier molecular flexibility index (Phi) is 8.02. The highest BCUT2D eigenvalue weighted by Crippen LogP contribution is 2.44. The Hall–Kier alpha value is -3.39. The summed E-state index contributed by atoms with van der Waals surface area (Å²) in [5.74, 6) is -1.23. The Morgan fingerprint density at radius 1 is 1.03 bits per heavy atom. The van der Waals surface area contributed by atoms with Gasteiger partial charge < -0.3 is 24.8 Å². The smallest absolute Gasteiger partial charge is 0.407 e. The van der Waals surface area contributed by atoms with Gasteiger partial charge in [-0.25, -0.2) is 9.59 Å². The Balaban J connectivity index is 1.15. The molecule has 1 aliphatic heterocycles. The van der Waals surface area contributed by atoms with Crippen LogP contribution < -0.4 is 5.32 Å². The molecule has 2 aromatic rings. The molecule has 1 saturated heterocycles. The van der Waals surface area contributed by atoms with Crippen LogP contribution in [-0.4, -0.2) is 66.9 Å². The van der Waals surface area contributed by atoms with Crippen LogP contribution >= 0.6 is 0 Å². The number of carbonyl (C=O) groups excluding carboxylic acids is 2. The number of fused-ring (bicyclic) bond motifs is 3. The van der Waals surface area contributed by atoms with Gasteiger partial charge in [0.2, 0.25) is 5.91 Å². The van der Waals surface area contributed by atoms with Crippen molar-refractivity contribution in [3.63, 3.8) is 0 Å². The van der Waals surface area contributed by atoms with E-state index in [4.69, 9.17) is 9.47 Å². The van der Waals surface area contributed by atoms with Crippen molar-refractivity contribution in [2.45, 2.75) is 38.1 Å². The molecule has 2 N–H and O–H groups in total. The van der Waals surface area contributed by atoms with E-state index in [1.807, 2.05) is 31.2 Å². The van der Waals surface area contributed by atoms with E-state index in [2.05, 4.69) is 29.6 Å². The molecule has 35 heavy (non-hydrogen) atoms. The maximum atomic E-state index is 12.5. The van der Waals surface area contributed by atoms with Gasteiger partial charge in [-0.2, -0.15) is 0 Å². The Labute approximate surface area is 205 Å². The summed E-state index contributed by atoms with van der Waals surface area (Å²) in [7, 11) is 0. The molecule has 1 aliphatic carbocycles. The zero-order chi connectivity index (χ0) is 24.8. The van der Waals surface area contributed by atoms with E-state index < -0.39 is 18.1 Å². The number of piperidine rings is 1. The number of carboxylic acid groups (broad SMARTS) is 1. The zero-order valence-electron chi connectivity index (χ0n) is 19.9. The van der Waals surface area contributed by atoms with Gasteiger partial charge >= 0.3 is 12.1 Å². The minimum absolute atomic E-state index is 0.00236. The minimum atomic E-state index is -0.959. The molecule has 2 unspecified atom stereocenters. The van der Waals surface area contributed by atoms with Gasteiger partial charge in [-0.3, -0.25) is 4.79 Å². The summed E-state index contributed by atoms with van der Waals surface area (Å²) in [6.07, 6.45) is 1.21. The van der Waals surface area contributed by atoms with Crippen molar-refractivity contribution in [1.82, 2.24) is 10.2 Å². The molecule has 0 aromatic heterocycles. The molecule has 0 bridgehead atoms. The number of benzene rings is 2. The summed E-state index contributed by atoms with van der Waals surface area (Å²) in [5, 5.41) is 12.1. The van der Waals surface area contributed by atoms with Crippen LogP contribution in [-0.2, 0) is 19.1 Å². The van der Waals surface area contributed by atoms with Crippen LogP contribution in [0, 0.1) is 5.92 Å². The quantitative estimate of drug-likeness (QED) is 0.531. The number of aliphatic carboxylic acids is 1. The number of hydrogen-bond acceptors (Lipinski definition) is 5. The first-order chi connectivity index (χ1) is 17.0. The topological polar surface area (TPSA) is 105 Å². The number of carbonyl (C=O) groups is 3. The third-order valence-corrected chi connectivity index (χ3v) is 6.83. The van der Waals surface area contributed by atoms with E-state index in [1.54, 1.807) is 0 Å². The first kappa shape index (κ1) is 24.7. The van der Waals surface area contributed by atoms with Gasteiger partial charge in [-0.15, -0.1) is 0 Å². The first-order valence-corrected chi connectivity index (χ1v) is 12.2. The maximum Gasteiger partial charge on any atom is 0.407 e. The van der Waals surface area contributed by atoms with Gasteiger partial charge in [0.05, 0.1) is 19.6 Å². The predicted molar refractivity (Wildman–Crippen MR) is 130 cm³/mol. The Morgan fingerprint density at radius 2 is 1.69 bits per heavy atom. The summed E-state index contributed by atoms with van der Waals surface area (Å²) < 4.78 is 11.0. The lowest BCUT2D eigenvalue weighted by Crippen LogP contribution is -2.52. The van der Waals surface area contributed by atoms with E-state index in [0.717, 1.165) is 24.0 Å². The number of nitrogens with one attached hydrogen (secondary N) is 1. The third kappa shape index (κ3) is 5.65. The molecule has 2 aliphatic rings. The van der Waals surface area contributed by atoms with Gasteiger partial charge in [0, 0.05) is 19.0 Å². The minimum Gasteiger partial charge on any atom is -0.480 e. The molecule has 8 nitrogen and oxygen atoms in total. The van der Waals surface area contributed by atoms with E-state index in [-0.39, 0.29) is 50.5 Å². The molecule has 2 amide bonds. The van der Waals surface area contributed by atoms with Crippen LogP contribution in [0.15, 0.2) is 48.5 Å². The molecule has 8 heteroatoms. The van der Waals surface area contributed by atoms with Crippen molar-refractivity contribution in [3.8, 4) is 11.1 Å². The van der Waals surface area contributed by atoms with Crippen LogP contribution in [0.25, 0.3) is 11.1 Å². The lowest BCUT2D eigenvalue weighted by Gasteiger charge is -2.37. The monoisotopic (exact) mass is 480 g/mol. The van der Waals surface area contributed by atoms with Crippen molar-refractivity contribution in [2.24, 2.45) is 5.92 Å². The van der Waals surface area contributed by atoms with Crippen molar-refractivity contribution in [1.29, 1.82) is 0 Å². The van der Waals surface area contributed by atoms with E-state index >= 15 is 0 Å². The average Bonchev–Trinajstić information content (AvgIpc) is 3.18. The second-order valence-electron chi connectivity index (χ2n) is 9.10. The molecule has 186 valence electrons. The predicted octanol–water partition coefficient (Wildman–Crippen LogP) is 3.64. The van der Waals surface area contributed by atoms with Crippen molar-refractivity contribution in [3.05, 3.63) is 59.7 Å². The van der Waals surface area contributed by atoms with Gasteiger partial charge in [-0.1, -0.05) is 55.5 Å². The van der Waals surface area contributed by atoms with Crippen molar-refractivity contribution >= 4 is 18.0 Å². The molecule has 0 saturated carbocycles. The van der Waals surface area contributed by atoms with Gasteiger partial charge in [0.15, 0.2) is 0 Å². The Bertz CT molecular complexity index is 1030. The maximum absolute atomic E-state index is 12.5. The molecular weight excluding hydrogens is 448 g/mol. The molecule has 2 aromatic carbocycles. The standard InChI is InChI=1S/C27H32N2O6/c1-18-7-6-14-29(25(18)26(31)32)24(30)12-15-34-16-13-28-27(33)35-17-23-21-10-4-2-8-19(21)20-9-3-5-11-22(20)23/h2-5,8-11,18,23,25H,6-7,12-17H2,1H3,(H,28,33)(H,31,32). The van der Waals surface area contributed by atoms with Crippen LogP contribution in [0.4, 0.5) is 4.79 Å². The van der Waals surface area contributed by atoms with Crippen molar-refractivity contribution < 1.29 is 29.0 Å². The zero-order valence-corrected chi connectivity index (χ0v) is 19.9. The summed E-state index contributed by atoms with van der Waals surface area (Å²) >= 11 is 0. The van der Waals surface area contributed by atoms with E-state index in [1.165, 1.54) is 16.0 Å². The molecule has 1 heterocycles. The second kappa shape index (κ2) is 11.4. The SMILES string of the molecule is CC1CCCN(C(=O)CCOCCNC(=O)OCC2c3ccccc3-c3ccccc32)C1C(=O)O. The number of hydrogen-bond donors (Lipinski definition) is 2. The third-order valence-electron chi connectivity index (χ3n) is 6.83. The lowest BCUT2D eigenvalue weighted by atomic mass is 9.90. The first-order valence-electron chi connectivity index (χ1n) is 12.2. The van der Waals surface area contributed by atoms with Crippen molar-refractivity contribution in [2.75, 3.05) is 32.9 Å². The average molecular weight is 481 g/mol. The fourth-order valence-corrected chi connectivity index (χ4v) is 5.12. The highest BCUT2D eigenvalue weighted by molar-refractivity contribution is 5.84. The molecule has 1 fully saturated rings. The number of ether oxygens (including phenoxy) is 2. The normalized spacial score (nSPS) is 19.1. The fraction of sp³-hybridized carbons (Fsp3) is 0.444. The number of rotatable bonds is 9. The van der Waals surface area contributed by atoms with Crippen LogP contribution in [0.1, 0.15) is 43.2 Å². The number of carboxylic acids is 1. The number of likely N-dealkylation sites (tertiary alicyclic amines) is 1. The summed E-state index contributed by atoms with van der Waals surface area (Å²) in [5.41, 5.74) is 4.66. The second-order valence-corrected chi connectivity index (χ2v) is 9.10. The van der Waals surface area contributed by atoms with Crippen LogP contribution in [0.2, 0.25) is 0 Å². The largest absolute Gasteiger partial charge is 0.480 e. The fourth-order valence-electron chi connectivity index (χ4n) is 5.12. The highest BCUT2D eigenvalue weighted by atomic mass is 16.5. The summed E-state index contributed by atoms with van der Waals surface area (Å²) in [6, 6.07) is 15.5. The van der Waals surface area contributed by atoms with E-state index in [9.17, 15) is 19.5 Å². The Morgan fingerprint density at radius 3 is 2.34 bits per heavy atom. The molecule has 0 spiro atoms. The number of nitrogens with zero attached hydrogens (tertiary/aromatic N) is 1. The van der Waals surface area contributed by atoms with Gasteiger partial charge in [0.25, 0.3) is 0 Å². The number of amides is 2. The molecule has 4 rings (SSSR count). The summed E-state index contributed by atoms with van der Waals surface area (Å²) in [6.45, 7) is 3.23. The molecule has 2 atom stereocenters. The van der Waals surface area contributed by atoms with Gasteiger partial charge in [0.1, 0.15) is 12.6 Å². The summed E-state index contributed by atoms with van der Waals surface area (Å²) in [4.78, 5) is 37.7. The lowest BCUT2D eigenvalue weighted by molar-refractivity contribution is -0.155. The highest BCUT2D eigenvalue weighted by Gasteiger charge is 2.36. The van der Waals surface area contributed by atoms with E-state index in [0.29, 0.717) is 6.54 Å². The van der Waals surface area contributed by atoms with Crippen LogP contribution in [0.5, 0.6) is 0 Å².